The summed E-state index contributed by atoms with van der Waals surface area (Å²) in [5.74, 6) is 1.82. The van der Waals surface area contributed by atoms with E-state index in [0.29, 0.717) is 4.64 Å². The Kier molecular flexibility index (Phi) is 3.89. The summed E-state index contributed by atoms with van der Waals surface area (Å²) in [5, 5.41) is 3.26. The highest BCUT2D eigenvalue weighted by atomic mass is 32.1. The number of aryl methyl sites for hydroxylation is 1. The zero-order valence-corrected chi connectivity index (χ0v) is 8.87. The molecule has 1 rings (SSSR count). The normalized spacial score (nSPS) is 10.0. The molecule has 0 aromatic carbocycles. The largest absolute Gasteiger partial charge is 0.372 e. The average molecular weight is 197 g/mol. The van der Waals surface area contributed by atoms with E-state index < -0.39 is 0 Å². The Labute approximate surface area is 83.6 Å². The Morgan fingerprint density at radius 3 is 3.00 bits per heavy atom. The molecule has 2 N–H and O–H groups in total. The van der Waals surface area contributed by atoms with Crippen LogP contribution in [0.5, 0.6) is 0 Å². The van der Waals surface area contributed by atoms with Gasteiger partial charge in [-0.25, -0.2) is 4.98 Å². The minimum atomic E-state index is 0.634. The number of hydrogen-bond donors (Lipinski definition) is 2. The van der Waals surface area contributed by atoms with Gasteiger partial charge in [0.15, 0.2) is 0 Å². The summed E-state index contributed by atoms with van der Waals surface area (Å²) in [6, 6.07) is 1.85. The number of hydrogen-bond acceptors (Lipinski definition) is 3. The Bertz CT molecular complexity index is 319. The summed E-state index contributed by atoms with van der Waals surface area (Å²) in [5.41, 5.74) is 0. The summed E-state index contributed by atoms with van der Waals surface area (Å²) in [6.07, 6.45) is 2.36. The second-order valence-electron chi connectivity index (χ2n) is 3.00. The van der Waals surface area contributed by atoms with Crippen molar-refractivity contribution in [3.8, 4) is 0 Å². The quantitative estimate of drug-likeness (QED) is 0.576. The van der Waals surface area contributed by atoms with Crippen LogP contribution in [0.4, 0.5) is 5.82 Å². The van der Waals surface area contributed by atoms with E-state index in [1.54, 1.807) is 0 Å². The molecule has 0 saturated heterocycles. The molecule has 0 spiro atoms. The van der Waals surface area contributed by atoms with E-state index >= 15 is 0 Å². The number of nitrogens with zero attached hydrogens (tertiary/aromatic N) is 1. The monoisotopic (exact) mass is 197 g/mol. The Balaban J connectivity index is 2.61. The standard InChI is InChI=1S/C9H15N3S/c1-3-4-5-10-8-6-9(13)12-7(2)11-8/h6H,3-5H2,1-2H3,(H2,10,11,12,13). The van der Waals surface area contributed by atoms with Crippen LogP contribution in [0, 0.1) is 11.6 Å². The molecule has 1 aromatic rings. The number of nitrogens with one attached hydrogen (secondary N) is 2. The molecule has 0 amide bonds. The molecule has 72 valence electrons. The van der Waals surface area contributed by atoms with Crippen molar-refractivity contribution in [3.63, 3.8) is 0 Å². The number of H-pyrrole nitrogens is 1. The topological polar surface area (TPSA) is 40.7 Å². The lowest BCUT2D eigenvalue weighted by molar-refractivity contribution is 0.828. The molecule has 0 radical (unpaired) electrons. The second-order valence-corrected chi connectivity index (χ2v) is 3.42. The van der Waals surface area contributed by atoms with Crippen LogP contribution in [0.2, 0.25) is 0 Å². The van der Waals surface area contributed by atoms with Crippen LogP contribution in [0.25, 0.3) is 0 Å². The van der Waals surface area contributed by atoms with Crippen LogP contribution in [-0.4, -0.2) is 16.5 Å². The third kappa shape index (κ3) is 3.55. The predicted octanol–water partition coefficient (Wildman–Crippen LogP) is 2.66. The van der Waals surface area contributed by atoms with Crippen molar-refractivity contribution in [1.29, 1.82) is 0 Å². The van der Waals surface area contributed by atoms with Crippen molar-refractivity contribution < 1.29 is 0 Å². The Morgan fingerprint density at radius 1 is 1.62 bits per heavy atom. The maximum absolute atomic E-state index is 4.99. The molecule has 0 aliphatic carbocycles. The first-order valence-corrected chi connectivity index (χ1v) is 4.95. The molecule has 0 saturated carbocycles. The summed E-state index contributed by atoms with van der Waals surface area (Å²) in [7, 11) is 0. The van der Waals surface area contributed by atoms with E-state index in [1.807, 2.05) is 13.0 Å². The van der Waals surface area contributed by atoms with E-state index in [2.05, 4.69) is 22.2 Å². The molecular weight excluding hydrogens is 182 g/mol. The summed E-state index contributed by atoms with van der Waals surface area (Å²) >= 11 is 4.99. The van der Waals surface area contributed by atoms with E-state index in [4.69, 9.17) is 12.2 Å². The average Bonchev–Trinajstić information content (AvgIpc) is 2.03. The SMILES string of the molecule is CCCCNc1cc(=S)nc(C)[nH]1. The predicted molar refractivity (Wildman–Crippen MR) is 57.6 cm³/mol. The Hall–Kier alpha value is -0.900. The molecule has 0 unspecified atom stereocenters. The zero-order chi connectivity index (χ0) is 9.68. The molecule has 0 fully saturated rings. The maximum Gasteiger partial charge on any atom is 0.131 e. The zero-order valence-electron chi connectivity index (χ0n) is 8.05. The molecule has 0 aliphatic heterocycles. The van der Waals surface area contributed by atoms with E-state index in [1.165, 1.54) is 12.8 Å². The van der Waals surface area contributed by atoms with Crippen molar-refractivity contribution in [2.45, 2.75) is 26.7 Å². The second kappa shape index (κ2) is 4.97. The van der Waals surface area contributed by atoms with Crippen molar-refractivity contribution in [2.75, 3.05) is 11.9 Å². The smallest absolute Gasteiger partial charge is 0.131 e. The Morgan fingerprint density at radius 2 is 2.38 bits per heavy atom. The minimum absolute atomic E-state index is 0.634. The number of aromatic nitrogens is 2. The fourth-order valence-electron chi connectivity index (χ4n) is 1.08. The van der Waals surface area contributed by atoms with Gasteiger partial charge in [0, 0.05) is 12.6 Å². The maximum atomic E-state index is 4.99. The number of rotatable bonds is 4. The van der Waals surface area contributed by atoms with Gasteiger partial charge >= 0.3 is 0 Å². The van der Waals surface area contributed by atoms with Gasteiger partial charge in [-0.3, -0.25) is 0 Å². The van der Waals surface area contributed by atoms with E-state index in [9.17, 15) is 0 Å². The van der Waals surface area contributed by atoms with Gasteiger partial charge < -0.3 is 10.3 Å². The number of anilines is 1. The van der Waals surface area contributed by atoms with E-state index in [-0.39, 0.29) is 0 Å². The summed E-state index contributed by atoms with van der Waals surface area (Å²) in [6.45, 7) is 5.05. The minimum Gasteiger partial charge on any atom is -0.372 e. The van der Waals surface area contributed by atoms with Gasteiger partial charge in [0.05, 0.1) is 0 Å². The fraction of sp³-hybridized carbons (Fsp3) is 0.556. The number of aromatic amines is 1. The van der Waals surface area contributed by atoms with Crippen LogP contribution >= 0.6 is 12.2 Å². The third-order valence-corrected chi connectivity index (χ3v) is 1.92. The first-order chi connectivity index (χ1) is 6.22. The van der Waals surface area contributed by atoms with Gasteiger partial charge in [0.1, 0.15) is 16.3 Å². The first kappa shape index (κ1) is 10.2. The van der Waals surface area contributed by atoms with Crippen LogP contribution in [-0.2, 0) is 0 Å². The molecule has 1 heterocycles. The molecule has 0 aliphatic rings. The van der Waals surface area contributed by atoms with Gasteiger partial charge in [-0.2, -0.15) is 0 Å². The summed E-state index contributed by atoms with van der Waals surface area (Å²) in [4.78, 5) is 7.20. The summed E-state index contributed by atoms with van der Waals surface area (Å²) < 4.78 is 0.634. The first-order valence-electron chi connectivity index (χ1n) is 4.54. The molecule has 3 nitrogen and oxygen atoms in total. The molecule has 0 bridgehead atoms. The molecule has 13 heavy (non-hydrogen) atoms. The lowest BCUT2D eigenvalue weighted by Crippen LogP contribution is -2.04. The van der Waals surface area contributed by atoms with Crippen LogP contribution < -0.4 is 5.32 Å². The highest BCUT2D eigenvalue weighted by Gasteiger charge is 1.93. The fourth-order valence-corrected chi connectivity index (χ4v) is 1.33. The molecule has 4 heteroatoms. The van der Waals surface area contributed by atoms with Crippen LogP contribution in [0.15, 0.2) is 6.07 Å². The molecular formula is C9H15N3S. The molecule has 1 aromatic heterocycles. The van der Waals surface area contributed by atoms with Gasteiger partial charge in [-0.05, 0) is 13.3 Å². The van der Waals surface area contributed by atoms with Gasteiger partial charge in [0.25, 0.3) is 0 Å². The van der Waals surface area contributed by atoms with Crippen molar-refractivity contribution in [3.05, 3.63) is 16.5 Å². The highest BCUT2D eigenvalue weighted by molar-refractivity contribution is 7.71. The van der Waals surface area contributed by atoms with Crippen LogP contribution in [0.3, 0.4) is 0 Å². The van der Waals surface area contributed by atoms with Crippen molar-refractivity contribution in [2.24, 2.45) is 0 Å². The van der Waals surface area contributed by atoms with Gasteiger partial charge in [-0.1, -0.05) is 25.6 Å². The highest BCUT2D eigenvalue weighted by Crippen LogP contribution is 2.03. The van der Waals surface area contributed by atoms with E-state index in [0.717, 1.165) is 18.2 Å². The van der Waals surface area contributed by atoms with Gasteiger partial charge in [0.2, 0.25) is 0 Å². The van der Waals surface area contributed by atoms with Crippen molar-refractivity contribution >= 4 is 18.0 Å². The van der Waals surface area contributed by atoms with Crippen molar-refractivity contribution in [1.82, 2.24) is 9.97 Å². The van der Waals surface area contributed by atoms with Crippen LogP contribution in [0.1, 0.15) is 25.6 Å². The lowest BCUT2D eigenvalue weighted by atomic mass is 10.3. The molecule has 0 atom stereocenters. The number of unbranched alkanes of at least 4 members (excludes halogenated alkanes) is 1. The lowest BCUT2D eigenvalue weighted by Gasteiger charge is -2.05. The van der Waals surface area contributed by atoms with Gasteiger partial charge in [-0.15, -0.1) is 0 Å². The third-order valence-electron chi connectivity index (χ3n) is 1.71.